The van der Waals surface area contributed by atoms with Crippen molar-refractivity contribution in [1.82, 2.24) is 0 Å². The van der Waals surface area contributed by atoms with Crippen LogP contribution in [0.1, 0.15) is 22.3 Å². The van der Waals surface area contributed by atoms with Gasteiger partial charge in [0.2, 0.25) is 0 Å². The summed E-state index contributed by atoms with van der Waals surface area (Å²) in [4.78, 5) is 15.7. The van der Waals surface area contributed by atoms with E-state index in [1.807, 2.05) is 12.1 Å². The maximum atomic E-state index is 10.9. The van der Waals surface area contributed by atoms with Gasteiger partial charge in [0.15, 0.2) is 11.5 Å². The summed E-state index contributed by atoms with van der Waals surface area (Å²) < 4.78 is 11.1. The number of benzene rings is 3. The molecule has 3 aromatic carbocycles. The van der Waals surface area contributed by atoms with Gasteiger partial charge in [-0.2, -0.15) is 5.26 Å². The topological polar surface area (TPSA) is 107 Å². The van der Waals surface area contributed by atoms with E-state index in [0.29, 0.717) is 22.6 Å². The number of hydrogen-bond donors (Lipinski definition) is 0. The molecule has 156 valence electrons. The van der Waals surface area contributed by atoms with Crippen LogP contribution in [0.2, 0.25) is 0 Å². The zero-order valence-corrected chi connectivity index (χ0v) is 16.7. The second-order valence-corrected chi connectivity index (χ2v) is 6.40. The first-order chi connectivity index (χ1) is 15.1. The number of oxime groups is 1. The largest absolute Gasteiger partial charge is 0.493 e. The van der Waals surface area contributed by atoms with Crippen molar-refractivity contribution in [1.29, 1.82) is 5.26 Å². The maximum Gasteiger partial charge on any atom is 0.269 e. The summed E-state index contributed by atoms with van der Waals surface area (Å²) in [5.41, 5.74) is 2.72. The van der Waals surface area contributed by atoms with Crippen LogP contribution in [-0.4, -0.2) is 18.2 Å². The lowest BCUT2D eigenvalue weighted by Gasteiger charge is -2.11. The fraction of sp³-hybridized carbons (Fsp3) is 0.130. The Morgan fingerprint density at radius 3 is 2.68 bits per heavy atom. The smallest absolute Gasteiger partial charge is 0.269 e. The molecule has 0 aliphatic carbocycles. The van der Waals surface area contributed by atoms with Crippen LogP contribution in [0.4, 0.5) is 5.69 Å². The predicted octanol–water partition coefficient (Wildman–Crippen LogP) is 4.60. The monoisotopic (exact) mass is 417 g/mol. The highest BCUT2D eigenvalue weighted by atomic mass is 16.6. The second-order valence-electron chi connectivity index (χ2n) is 6.40. The fourth-order valence-corrected chi connectivity index (χ4v) is 2.76. The van der Waals surface area contributed by atoms with Crippen molar-refractivity contribution in [2.75, 3.05) is 7.11 Å². The summed E-state index contributed by atoms with van der Waals surface area (Å²) >= 11 is 0. The maximum absolute atomic E-state index is 10.9. The van der Waals surface area contributed by atoms with E-state index in [-0.39, 0.29) is 18.9 Å². The lowest BCUT2D eigenvalue weighted by molar-refractivity contribution is -0.384. The predicted molar refractivity (Wildman–Crippen MR) is 114 cm³/mol. The molecule has 0 heterocycles. The van der Waals surface area contributed by atoms with Gasteiger partial charge in [-0.1, -0.05) is 35.5 Å². The van der Waals surface area contributed by atoms with Crippen LogP contribution < -0.4 is 9.47 Å². The molecule has 0 amide bonds. The molecule has 8 heteroatoms. The summed E-state index contributed by atoms with van der Waals surface area (Å²) in [6.07, 6.45) is 1.53. The highest BCUT2D eigenvalue weighted by Crippen LogP contribution is 2.28. The van der Waals surface area contributed by atoms with E-state index in [1.165, 1.54) is 25.5 Å². The minimum atomic E-state index is -0.445. The van der Waals surface area contributed by atoms with Gasteiger partial charge in [-0.3, -0.25) is 10.1 Å². The molecule has 0 aromatic heterocycles. The molecule has 3 rings (SSSR count). The molecular formula is C23H19N3O5. The van der Waals surface area contributed by atoms with Gasteiger partial charge in [-0.15, -0.1) is 0 Å². The minimum absolute atomic E-state index is 0.0111. The first kappa shape index (κ1) is 21.3. The SMILES string of the molecule is COc1cc(/C=N\OCc2ccccc2C#N)ccc1OCc1cccc([N+](=O)[O-])c1. The summed E-state index contributed by atoms with van der Waals surface area (Å²) in [6.45, 7) is 0.342. The third kappa shape index (κ3) is 5.81. The molecule has 0 saturated carbocycles. The first-order valence-corrected chi connectivity index (χ1v) is 9.28. The van der Waals surface area contributed by atoms with E-state index < -0.39 is 4.92 Å². The van der Waals surface area contributed by atoms with Gasteiger partial charge >= 0.3 is 0 Å². The van der Waals surface area contributed by atoms with Gasteiger partial charge in [0.1, 0.15) is 13.2 Å². The van der Waals surface area contributed by atoms with Crippen LogP contribution >= 0.6 is 0 Å². The number of methoxy groups -OCH3 is 1. The number of nitriles is 1. The number of hydrogen-bond acceptors (Lipinski definition) is 7. The zero-order chi connectivity index (χ0) is 22.1. The van der Waals surface area contributed by atoms with Crippen molar-refractivity contribution in [3.8, 4) is 17.6 Å². The van der Waals surface area contributed by atoms with Crippen LogP contribution in [0.25, 0.3) is 0 Å². The van der Waals surface area contributed by atoms with Crippen LogP contribution in [0.3, 0.4) is 0 Å². The van der Waals surface area contributed by atoms with Gasteiger partial charge < -0.3 is 14.3 Å². The number of nitrogens with zero attached hydrogens (tertiary/aromatic N) is 3. The van der Waals surface area contributed by atoms with Crippen molar-refractivity contribution in [2.45, 2.75) is 13.2 Å². The fourth-order valence-electron chi connectivity index (χ4n) is 2.76. The molecule has 31 heavy (non-hydrogen) atoms. The van der Waals surface area contributed by atoms with Crippen LogP contribution in [0.15, 0.2) is 71.9 Å². The van der Waals surface area contributed by atoms with Crippen LogP contribution in [-0.2, 0) is 18.1 Å². The highest BCUT2D eigenvalue weighted by Gasteiger charge is 2.09. The van der Waals surface area contributed by atoms with E-state index in [4.69, 9.17) is 19.6 Å². The molecule has 0 bridgehead atoms. The Hall–Kier alpha value is -4.38. The number of rotatable bonds is 9. The molecule has 0 N–H and O–H groups in total. The quantitative estimate of drug-likeness (QED) is 0.286. The minimum Gasteiger partial charge on any atom is -0.493 e. The molecule has 0 atom stereocenters. The normalized spacial score (nSPS) is 10.5. The Balaban J connectivity index is 1.61. The third-order valence-electron chi connectivity index (χ3n) is 4.34. The summed E-state index contributed by atoms with van der Waals surface area (Å²) in [6, 6.07) is 20.8. The Kier molecular flexibility index (Phi) is 7.16. The number of ether oxygens (including phenoxy) is 2. The average Bonchev–Trinajstić information content (AvgIpc) is 2.81. The third-order valence-corrected chi connectivity index (χ3v) is 4.34. The molecule has 0 radical (unpaired) electrons. The van der Waals surface area contributed by atoms with Gasteiger partial charge in [0.05, 0.1) is 29.9 Å². The van der Waals surface area contributed by atoms with Gasteiger partial charge in [-0.25, -0.2) is 0 Å². The Morgan fingerprint density at radius 2 is 1.90 bits per heavy atom. The molecular weight excluding hydrogens is 398 g/mol. The van der Waals surface area contributed by atoms with Crippen molar-refractivity contribution in [2.24, 2.45) is 5.16 Å². The molecule has 0 aliphatic heterocycles. The van der Waals surface area contributed by atoms with Crippen molar-refractivity contribution in [3.63, 3.8) is 0 Å². The molecule has 0 aliphatic rings. The molecule has 0 fully saturated rings. The van der Waals surface area contributed by atoms with Crippen molar-refractivity contribution in [3.05, 3.63) is 99.1 Å². The Morgan fingerprint density at radius 1 is 1.06 bits per heavy atom. The zero-order valence-electron chi connectivity index (χ0n) is 16.7. The van der Waals surface area contributed by atoms with E-state index in [9.17, 15) is 10.1 Å². The number of nitro groups is 1. The Bertz CT molecular complexity index is 1140. The van der Waals surface area contributed by atoms with E-state index in [0.717, 1.165) is 11.1 Å². The van der Waals surface area contributed by atoms with E-state index in [2.05, 4.69) is 11.2 Å². The van der Waals surface area contributed by atoms with Gasteiger partial charge in [-0.05, 0) is 29.8 Å². The summed E-state index contributed by atoms with van der Waals surface area (Å²) in [7, 11) is 1.52. The van der Waals surface area contributed by atoms with Crippen molar-refractivity contribution >= 4 is 11.9 Å². The lowest BCUT2D eigenvalue weighted by atomic mass is 10.1. The van der Waals surface area contributed by atoms with Crippen LogP contribution in [0, 0.1) is 21.4 Å². The van der Waals surface area contributed by atoms with E-state index in [1.54, 1.807) is 42.5 Å². The molecule has 3 aromatic rings. The summed E-state index contributed by atoms with van der Waals surface area (Å²) in [5.74, 6) is 0.985. The standard InChI is InChI=1S/C23H19N3O5/c1-29-23-12-17(14-25-31-16-20-7-3-2-6-19(20)13-24)9-10-22(23)30-15-18-5-4-8-21(11-18)26(27)28/h2-12,14H,15-16H2,1H3/b25-14-. The molecule has 0 unspecified atom stereocenters. The first-order valence-electron chi connectivity index (χ1n) is 9.28. The second kappa shape index (κ2) is 10.4. The Labute approximate surface area is 179 Å². The molecule has 0 spiro atoms. The van der Waals surface area contributed by atoms with Crippen molar-refractivity contribution < 1.29 is 19.2 Å². The van der Waals surface area contributed by atoms with Gasteiger partial charge in [0.25, 0.3) is 5.69 Å². The molecule has 8 nitrogen and oxygen atoms in total. The van der Waals surface area contributed by atoms with E-state index >= 15 is 0 Å². The molecule has 0 saturated heterocycles. The van der Waals surface area contributed by atoms with Gasteiger partial charge in [0, 0.05) is 23.3 Å². The summed E-state index contributed by atoms with van der Waals surface area (Å²) in [5, 5.41) is 23.9. The number of non-ortho nitro benzene ring substituents is 1. The lowest BCUT2D eigenvalue weighted by Crippen LogP contribution is -1.99. The number of nitro benzene ring substituents is 1. The van der Waals surface area contributed by atoms with Crippen LogP contribution in [0.5, 0.6) is 11.5 Å². The highest BCUT2D eigenvalue weighted by molar-refractivity contribution is 5.80. The average molecular weight is 417 g/mol.